The number of nitrogens with one attached hydrogen (secondary N) is 1. The molecule has 2 atom stereocenters. The van der Waals surface area contributed by atoms with Gasteiger partial charge in [0.1, 0.15) is 5.82 Å². The Balaban J connectivity index is 1.30. The van der Waals surface area contributed by atoms with Crippen molar-refractivity contribution in [3.63, 3.8) is 0 Å². The van der Waals surface area contributed by atoms with Crippen molar-refractivity contribution >= 4 is 52.8 Å². The number of ether oxygens (including phenoxy) is 1. The maximum Gasteiger partial charge on any atom is 0.309 e. The quantitative estimate of drug-likeness (QED) is 0.727. The molecule has 1 N–H and O–H groups in total. The molecule has 27 heavy (non-hydrogen) atoms. The first-order valence-corrected chi connectivity index (χ1v) is 11.8. The molecule has 1 aromatic heterocycles. The van der Waals surface area contributed by atoms with Gasteiger partial charge in [-0.3, -0.25) is 9.59 Å². The molecule has 1 saturated heterocycles. The van der Waals surface area contributed by atoms with Crippen molar-refractivity contribution < 1.29 is 14.3 Å². The first kappa shape index (κ1) is 19.4. The van der Waals surface area contributed by atoms with E-state index in [9.17, 15) is 9.59 Å². The Morgan fingerprint density at radius 2 is 1.93 bits per heavy atom. The minimum atomic E-state index is -0.382. The minimum Gasteiger partial charge on any atom is -0.455 e. The van der Waals surface area contributed by atoms with Gasteiger partial charge >= 0.3 is 5.97 Å². The first-order valence-electron chi connectivity index (χ1n) is 9.43. The summed E-state index contributed by atoms with van der Waals surface area (Å²) in [7, 11) is 0. The smallest absolute Gasteiger partial charge is 0.309 e. The molecule has 2 bridgehead atoms. The molecule has 1 amide bonds. The van der Waals surface area contributed by atoms with Crippen molar-refractivity contribution in [2.75, 3.05) is 23.4 Å². The molecule has 1 aliphatic heterocycles. The summed E-state index contributed by atoms with van der Waals surface area (Å²) in [6, 6.07) is 3.26. The zero-order valence-corrected chi connectivity index (χ0v) is 17.4. The van der Waals surface area contributed by atoms with E-state index >= 15 is 0 Å². The first-order chi connectivity index (χ1) is 13.1. The van der Waals surface area contributed by atoms with E-state index in [1.165, 1.54) is 37.0 Å². The fraction of sp³-hybridized carbons (Fsp3) is 0.632. The summed E-state index contributed by atoms with van der Waals surface area (Å²) in [5.74, 6) is 3.34. The van der Waals surface area contributed by atoms with Crippen LogP contribution < -0.4 is 5.32 Å². The van der Waals surface area contributed by atoms with E-state index in [0.29, 0.717) is 26.8 Å². The fourth-order valence-electron chi connectivity index (χ4n) is 4.68. The summed E-state index contributed by atoms with van der Waals surface area (Å²) in [4.78, 5) is 28.6. The third-order valence-corrected chi connectivity index (χ3v) is 10.0. The Kier molecular flexibility index (Phi) is 5.90. The van der Waals surface area contributed by atoms with Crippen molar-refractivity contribution in [2.45, 2.75) is 36.2 Å². The predicted octanol–water partition coefficient (Wildman–Crippen LogP) is 4.22. The van der Waals surface area contributed by atoms with E-state index in [0.717, 1.165) is 12.8 Å². The number of hydrogen-bond donors (Lipinski definition) is 1. The molecule has 2 aliphatic carbocycles. The lowest BCUT2D eigenvalue weighted by molar-refractivity contribution is -0.154. The topological polar surface area (TPSA) is 68.3 Å². The number of thioether (sulfide) groups is 2. The minimum absolute atomic E-state index is 0.0748. The van der Waals surface area contributed by atoms with E-state index < -0.39 is 0 Å². The maximum absolute atomic E-state index is 12.6. The Morgan fingerprint density at radius 3 is 2.56 bits per heavy atom. The Hall–Kier alpha value is -0.920. The number of rotatable bonds is 4. The third-order valence-electron chi connectivity index (χ3n) is 5.79. The standard InChI is InChI=1S/C19H23ClN2O3S2/c20-15-4-5-16(21-10-15)22-17(23)11-25-18(24)12-8-13-2-1-3-14(9-12)19(13)26-6-7-27-19/h4-5,10,12-14H,1-3,6-9,11H2,(H,21,22,23). The van der Waals surface area contributed by atoms with Crippen LogP contribution in [0.2, 0.25) is 5.02 Å². The van der Waals surface area contributed by atoms with Gasteiger partial charge in [0, 0.05) is 17.7 Å². The van der Waals surface area contributed by atoms with Gasteiger partial charge in [-0.1, -0.05) is 18.0 Å². The highest BCUT2D eigenvalue weighted by Gasteiger charge is 2.55. The Morgan fingerprint density at radius 1 is 1.22 bits per heavy atom. The second-order valence-corrected chi connectivity index (χ2v) is 10.9. The van der Waals surface area contributed by atoms with Gasteiger partial charge in [0.2, 0.25) is 0 Å². The summed E-state index contributed by atoms with van der Waals surface area (Å²) in [5.41, 5.74) is 0. The highest BCUT2D eigenvalue weighted by molar-refractivity contribution is 8.21. The van der Waals surface area contributed by atoms with E-state index in [1.807, 2.05) is 0 Å². The van der Waals surface area contributed by atoms with E-state index in [1.54, 1.807) is 12.1 Å². The Bertz CT molecular complexity index is 693. The van der Waals surface area contributed by atoms with Crippen LogP contribution in [-0.4, -0.2) is 39.1 Å². The van der Waals surface area contributed by atoms with Crippen LogP contribution in [0.5, 0.6) is 0 Å². The van der Waals surface area contributed by atoms with E-state index in [2.05, 4.69) is 33.8 Å². The molecule has 0 aromatic carbocycles. The second-order valence-electron chi connectivity index (χ2n) is 7.43. The largest absolute Gasteiger partial charge is 0.455 e. The van der Waals surface area contributed by atoms with Gasteiger partial charge in [-0.2, -0.15) is 0 Å². The lowest BCUT2D eigenvalue weighted by Gasteiger charge is -2.51. The molecule has 1 aromatic rings. The van der Waals surface area contributed by atoms with Crippen molar-refractivity contribution in [2.24, 2.45) is 17.8 Å². The van der Waals surface area contributed by atoms with Crippen molar-refractivity contribution in [3.05, 3.63) is 23.4 Å². The van der Waals surface area contributed by atoms with Crippen molar-refractivity contribution in [1.82, 2.24) is 4.98 Å². The molecule has 8 heteroatoms. The monoisotopic (exact) mass is 426 g/mol. The molecule has 146 valence electrons. The molecule has 2 saturated carbocycles. The average Bonchev–Trinajstić information content (AvgIpc) is 3.11. The van der Waals surface area contributed by atoms with Crippen LogP contribution >= 0.6 is 35.1 Å². The van der Waals surface area contributed by atoms with Crippen LogP contribution in [0, 0.1) is 17.8 Å². The molecule has 1 spiro atoms. The predicted molar refractivity (Wildman–Crippen MR) is 110 cm³/mol. The lowest BCUT2D eigenvalue weighted by atomic mass is 9.67. The molecular formula is C19H23ClN2O3S2. The summed E-state index contributed by atoms with van der Waals surface area (Å²) >= 11 is 10.0. The van der Waals surface area contributed by atoms with Gasteiger partial charge in [0.15, 0.2) is 6.61 Å². The van der Waals surface area contributed by atoms with Gasteiger partial charge in [-0.15, -0.1) is 23.5 Å². The summed E-state index contributed by atoms with van der Waals surface area (Å²) in [6.45, 7) is -0.274. The van der Waals surface area contributed by atoms with E-state index in [-0.39, 0.29) is 24.4 Å². The number of halogens is 1. The third kappa shape index (κ3) is 4.10. The number of carbonyl (C=O) groups excluding carboxylic acids is 2. The van der Waals surface area contributed by atoms with Gasteiger partial charge in [-0.25, -0.2) is 4.98 Å². The van der Waals surface area contributed by atoms with Crippen LogP contribution in [0.1, 0.15) is 32.1 Å². The van der Waals surface area contributed by atoms with Gasteiger partial charge in [0.05, 0.1) is 15.0 Å². The zero-order chi connectivity index (χ0) is 18.9. The molecule has 3 aliphatic rings. The number of aromatic nitrogens is 1. The number of esters is 1. The van der Waals surface area contributed by atoms with Gasteiger partial charge in [-0.05, 0) is 49.7 Å². The van der Waals surface area contributed by atoms with Crippen LogP contribution in [0.15, 0.2) is 18.3 Å². The summed E-state index contributed by atoms with van der Waals surface area (Å²) < 4.78 is 5.68. The SMILES string of the molecule is O=C(COC(=O)C1CC2CCCC(C1)C21SCCS1)Nc1ccc(Cl)cn1. The number of pyridine rings is 1. The van der Waals surface area contributed by atoms with Gasteiger partial charge < -0.3 is 10.1 Å². The van der Waals surface area contributed by atoms with Crippen molar-refractivity contribution in [1.29, 1.82) is 0 Å². The second kappa shape index (κ2) is 8.21. The van der Waals surface area contributed by atoms with Crippen LogP contribution in [-0.2, 0) is 14.3 Å². The number of hydrogen-bond acceptors (Lipinski definition) is 6. The fourth-order valence-corrected chi connectivity index (χ4v) is 8.73. The summed E-state index contributed by atoms with van der Waals surface area (Å²) in [6.07, 6.45) is 6.95. The van der Waals surface area contributed by atoms with Crippen LogP contribution in [0.3, 0.4) is 0 Å². The average molecular weight is 427 g/mol. The lowest BCUT2D eigenvalue weighted by Crippen LogP contribution is -2.48. The summed E-state index contributed by atoms with van der Waals surface area (Å²) in [5, 5.41) is 3.11. The number of anilines is 1. The Labute approximate surface area is 172 Å². The zero-order valence-electron chi connectivity index (χ0n) is 15.0. The maximum atomic E-state index is 12.6. The van der Waals surface area contributed by atoms with Crippen LogP contribution in [0.4, 0.5) is 5.82 Å². The highest BCUT2D eigenvalue weighted by atomic mass is 35.5. The van der Waals surface area contributed by atoms with E-state index in [4.69, 9.17) is 16.3 Å². The molecular weight excluding hydrogens is 404 g/mol. The van der Waals surface area contributed by atoms with Crippen molar-refractivity contribution in [3.8, 4) is 0 Å². The molecule has 5 nitrogen and oxygen atoms in total. The molecule has 2 heterocycles. The van der Waals surface area contributed by atoms with Crippen LogP contribution in [0.25, 0.3) is 0 Å². The number of carbonyl (C=O) groups is 2. The molecule has 4 rings (SSSR count). The molecule has 3 fully saturated rings. The normalized spacial score (nSPS) is 28.7. The number of amides is 1. The molecule has 0 radical (unpaired) electrons. The number of nitrogens with zero attached hydrogens (tertiary/aromatic N) is 1. The van der Waals surface area contributed by atoms with Gasteiger partial charge in [0.25, 0.3) is 5.91 Å². The molecule has 2 unspecified atom stereocenters. The highest BCUT2D eigenvalue weighted by Crippen LogP contribution is 2.64.